The SMILES string of the molecule is COc1ccc(Cl)cc1/N=C(/N=C(\N)c1ccccc1)N1CCOCC1. The number of ether oxygens (including phenoxy) is 2. The molecule has 6 nitrogen and oxygen atoms in total. The van der Waals surface area contributed by atoms with Gasteiger partial charge in [-0.3, -0.25) is 0 Å². The van der Waals surface area contributed by atoms with Gasteiger partial charge in [0.05, 0.1) is 20.3 Å². The van der Waals surface area contributed by atoms with Crippen LogP contribution in [0.4, 0.5) is 5.69 Å². The first-order chi connectivity index (χ1) is 12.7. The van der Waals surface area contributed by atoms with Gasteiger partial charge in [-0.1, -0.05) is 41.9 Å². The van der Waals surface area contributed by atoms with Crippen LogP contribution < -0.4 is 10.5 Å². The number of amidine groups is 1. The second kappa shape index (κ2) is 8.69. The Morgan fingerprint density at radius 3 is 2.58 bits per heavy atom. The van der Waals surface area contributed by atoms with E-state index < -0.39 is 0 Å². The van der Waals surface area contributed by atoms with E-state index in [9.17, 15) is 0 Å². The van der Waals surface area contributed by atoms with Crippen LogP contribution in [0.2, 0.25) is 5.02 Å². The third-order valence-corrected chi connectivity index (χ3v) is 4.18. The second-order valence-corrected chi connectivity index (χ2v) is 6.13. The number of halogens is 1. The normalized spacial score (nSPS) is 15.8. The van der Waals surface area contributed by atoms with Crippen LogP contribution in [0.25, 0.3) is 0 Å². The van der Waals surface area contributed by atoms with Crippen LogP contribution in [-0.4, -0.2) is 50.1 Å². The first-order valence-electron chi connectivity index (χ1n) is 8.32. The molecular formula is C19H21ClN4O2. The lowest BCUT2D eigenvalue weighted by molar-refractivity contribution is 0.0676. The van der Waals surface area contributed by atoms with E-state index in [1.165, 1.54) is 0 Å². The van der Waals surface area contributed by atoms with Crippen LogP contribution in [0.3, 0.4) is 0 Å². The van der Waals surface area contributed by atoms with Crippen molar-refractivity contribution in [2.24, 2.45) is 15.7 Å². The molecule has 3 rings (SSSR count). The first-order valence-corrected chi connectivity index (χ1v) is 8.69. The number of guanidine groups is 1. The molecule has 1 heterocycles. The van der Waals surface area contributed by atoms with E-state index >= 15 is 0 Å². The zero-order chi connectivity index (χ0) is 18.4. The van der Waals surface area contributed by atoms with Crippen molar-refractivity contribution in [2.75, 3.05) is 33.4 Å². The van der Waals surface area contributed by atoms with Gasteiger partial charge >= 0.3 is 0 Å². The van der Waals surface area contributed by atoms with Crippen molar-refractivity contribution in [3.05, 3.63) is 59.1 Å². The van der Waals surface area contributed by atoms with E-state index in [0.29, 0.717) is 54.6 Å². The molecule has 0 atom stereocenters. The molecule has 2 aromatic rings. The van der Waals surface area contributed by atoms with Gasteiger partial charge in [0.25, 0.3) is 0 Å². The highest BCUT2D eigenvalue weighted by atomic mass is 35.5. The summed E-state index contributed by atoms with van der Waals surface area (Å²) >= 11 is 6.13. The maximum atomic E-state index is 6.21. The molecule has 26 heavy (non-hydrogen) atoms. The molecule has 0 aromatic heterocycles. The van der Waals surface area contributed by atoms with Gasteiger partial charge in [-0.2, -0.15) is 4.99 Å². The molecular weight excluding hydrogens is 352 g/mol. The van der Waals surface area contributed by atoms with Crippen molar-refractivity contribution < 1.29 is 9.47 Å². The fraction of sp³-hybridized carbons (Fsp3) is 0.263. The number of rotatable bonds is 3. The lowest BCUT2D eigenvalue weighted by atomic mass is 10.2. The van der Waals surface area contributed by atoms with Gasteiger partial charge < -0.3 is 20.1 Å². The summed E-state index contributed by atoms with van der Waals surface area (Å²) in [6.07, 6.45) is 0. The van der Waals surface area contributed by atoms with Gasteiger partial charge in [-0.05, 0) is 18.2 Å². The van der Waals surface area contributed by atoms with Crippen LogP contribution in [0.1, 0.15) is 5.56 Å². The second-order valence-electron chi connectivity index (χ2n) is 5.69. The minimum absolute atomic E-state index is 0.400. The number of benzene rings is 2. The van der Waals surface area contributed by atoms with Crippen molar-refractivity contribution in [1.29, 1.82) is 0 Å². The third kappa shape index (κ3) is 4.53. The molecule has 0 unspecified atom stereocenters. The minimum Gasteiger partial charge on any atom is -0.494 e. The number of nitrogens with zero attached hydrogens (tertiary/aromatic N) is 3. The van der Waals surface area contributed by atoms with E-state index in [-0.39, 0.29) is 0 Å². The summed E-state index contributed by atoms with van der Waals surface area (Å²) in [6.45, 7) is 2.61. The molecule has 7 heteroatoms. The Morgan fingerprint density at radius 1 is 1.15 bits per heavy atom. The van der Waals surface area contributed by atoms with Gasteiger partial charge in [0.15, 0.2) is 0 Å². The van der Waals surface area contributed by atoms with Crippen LogP contribution >= 0.6 is 11.6 Å². The Bertz CT molecular complexity index is 802. The molecule has 136 valence electrons. The fourth-order valence-electron chi connectivity index (χ4n) is 2.57. The molecule has 0 aliphatic carbocycles. The molecule has 1 aliphatic heterocycles. The van der Waals surface area contributed by atoms with E-state index in [1.807, 2.05) is 35.2 Å². The number of aliphatic imine (C=N–C) groups is 2. The van der Waals surface area contributed by atoms with E-state index in [4.69, 9.17) is 26.8 Å². The zero-order valence-corrected chi connectivity index (χ0v) is 15.3. The Balaban J connectivity index is 2.02. The summed E-state index contributed by atoms with van der Waals surface area (Å²) < 4.78 is 10.8. The monoisotopic (exact) mass is 372 g/mol. The van der Waals surface area contributed by atoms with E-state index in [1.54, 1.807) is 25.3 Å². The lowest BCUT2D eigenvalue weighted by Gasteiger charge is -2.28. The summed E-state index contributed by atoms with van der Waals surface area (Å²) in [4.78, 5) is 11.3. The molecule has 1 aliphatic rings. The molecule has 0 spiro atoms. The van der Waals surface area contributed by atoms with Crippen molar-refractivity contribution in [2.45, 2.75) is 0 Å². The van der Waals surface area contributed by atoms with Gasteiger partial charge in [-0.15, -0.1) is 0 Å². The molecule has 1 fully saturated rings. The number of hydrogen-bond acceptors (Lipinski definition) is 3. The average molecular weight is 373 g/mol. The summed E-state index contributed by atoms with van der Waals surface area (Å²) in [6, 6.07) is 14.9. The van der Waals surface area contributed by atoms with Crippen LogP contribution in [0.5, 0.6) is 5.75 Å². The highest BCUT2D eigenvalue weighted by Gasteiger charge is 2.17. The Morgan fingerprint density at radius 2 is 1.88 bits per heavy atom. The maximum absolute atomic E-state index is 6.21. The molecule has 2 aromatic carbocycles. The van der Waals surface area contributed by atoms with Crippen molar-refractivity contribution >= 4 is 29.1 Å². The highest BCUT2D eigenvalue weighted by Crippen LogP contribution is 2.31. The molecule has 0 radical (unpaired) electrons. The molecule has 0 bridgehead atoms. The Labute approximate surface area is 157 Å². The molecule has 1 saturated heterocycles. The number of hydrogen-bond donors (Lipinski definition) is 1. The lowest BCUT2D eigenvalue weighted by Crippen LogP contribution is -2.40. The third-order valence-electron chi connectivity index (χ3n) is 3.95. The standard InChI is InChI=1S/C19H21ClN4O2/c1-25-17-8-7-15(20)13-16(17)22-19(24-9-11-26-12-10-24)23-18(21)14-5-3-2-4-6-14/h2-8,13H,9-12H2,1H3,(H2,21,22,23). The Hall–Kier alpha value is -2.57. The molecule has 2 N–H and O–H groups in total. The highest BCUT2D eigenvalue weighted by molar-refractivity contribution is 6.30. The van der Waals surface area contributed by atoms with Gasteiger partial charge in [0, 0.05) is 23.7 Å². The van der Waals surface area contributed by atoms with Crippen LogP contribution in [0.15, 0.2) is 58.5 Å². The smallest absolute Gasteiger partial charge is 0.228 e. The van der Waals surface area contributed by atoms with Crippen molar-refractivity contribution in [3.8, 4) is 5.75 Å². The maximum Gasteiger partial charge on any atom is 0.228 e. The number of methoxy groups -OCH3 is 1. The van der Waals surface area contributed by atoms with E-state index in [2.05, 4.69) is 9.98 Å². The first kappa shape index (κ1) is 18.2. The Kier molecular flexibility index (Phi) is 6.09. The predicted molar refractivity (Wildman–Crippen MR) is 105 cm³/mol. The van der Waals surface area contributed by atoms with Crippen LogP contribution in [-0.2, 0) is 4.74 Å². The summed E-state index contributed by atoms with van der Waals surface area (Å²) in [7, 11) is 1.60. The fourth-order valence-corrected chi connectivity index (χ4v) is 2.74. The predicted octanol–water partition coefficient (Wildman–Crippen LogP) is 3.07. The van der Waals surface area contributed by atoms with E-state index in [0.717, 1.165) is 5.56 Å². The van der Waals surface area contributed by atoms with Crippen LogP contribution in [0, 0.1) is 0 Å². The zero-order valence-electron chi connectivity index (χ0n) is 14.6. The topological polar surface area (TPSA) is 72.4 Å². The van der Waals surface area contributed by atoms with Gasteiger partial charge in [0.1, 0.15) is 17.3 Å². The number of nitrogens with two attached hydrogens (primary N) is 1. The summed E-state index contributed by atoms with van der Waals surface area (Å²) in [5.74, 6) is 1.53. The molecule has 0 amide bonds. The molecule has 0 saturated carbocycles. The summed E-state index contributed by atoms with van der Waals surface area (Å²) in [5.41, 5.74) is 7.65. The quantitative estimate of drug-likeness (QED) is 0.663. The number of morpholine rings is 1. The minimum atomic E-state index is 0.400. The summed E-state index contributed by atoms with van der Waals surface area (Å²) in [5, 5.41) is 0.575. The van der Waals surface area contributed by atoms with Gasteiger partial charge in [-0.25, -0.2) is 4.99 Å². The average Bonchev–Trinajstić information content (AvgIpc) is 2.69. The van der Waals surface area contributed by atoms with Crippen molar-refractivity contribution in [3.63, 3.8) is 0 Å². The largest absolute Gasteiger partial charge is 0.494 e. The van der Waals surface area contributed by atoms with Crippen molar-refractivity contribution in [1.82, 2.24) is 4.90 Å². The van der Waals surface area contributed by atoms with Gasteiger partial charge in [0.2, 0.25) is 5.96 Å².